The fourth-order valence-electron chi connectivity index (χ4n) is 4.25. The van der Waals surface area contributed by atoms with E-state index >= 15 is 0 Å². The minimum absolute atomic E-state index is 0.137. The van der Waals surface area contributed by atoms with Crippen LogP contribution in [-0.4, -0.2) is 59.9 Å². The molecule has 2 aliphatic rings. The number of benzene rings is 2. The van der Waals surface area contributed by atoms with Crippen LogP contribution in [0.1, 0.15) is 12.8 Å². The Hall–Kier alpha value is -2.99. The number of amides is 1. The fourth-order valence-corrected chi connectivity index (χ4v) is 4.25. The van der Waals surface area contributed by atoms with E-state index in [1.165, 1.54) is 0 Å². The number of carbonyl (C=O) groups excluding carboxylic acids is 1. The first-order valence-corrected chi connectivity index (χ1v) is 10.3. The molecule has 5 rings (SSSR count). The Morgan fingerprint density at radius 1 is 0.897 bits per heavy atom. The van der Waals surface area contributed by atoms with Gasteiger partial charge in [-0.2, -0.15) is 0 Å². The van der Waals surface area contributed by atoms with Gasteiger partial charge < -0.3 is 14.5 Å². The molecule has 0 bridgehead atoms. The molecule has 2 aliphatic heterocycles. The molecule has 29 heavy (non-hydrogen) atoms. The predicted molar refractivity (Wildman–Crippen MR) is 113 cm³/mol. The van der Waals surface area contributed by atoms with Crippen LogP contribution in [0.3, 0.4) is 0 Å². The number of fused-ring (bicyclic) bond motifs is 1. The second-order valence-electron chi connectivity index (χ2n) is 7.60. The van der Waals surface area contributed by atoms with E-state index in [0.29, 0.717) is 19.7 Å². The second-order valence-corrected chi connectivity index (χ2v) is 7.60. The predicted octanol–water partition coefficient (Wildman–Crippen LogP) is 3.12. The Morgan fingerprint density at radius 3 is 2.34 bits per heavy atom. The molecule has 0 radical (unpaired) electrons. The third-order valence-electron chi connectivity index (χ3n) is 5.81. The van der Waals surface area contributed by atoms with Gasteiger partial charge in [0.1, 0.15) is 11.8 Å². The summed E-state index contributed by atoms with van der Waals surface area (Å²) in [6.07, 6.45) is 1.58. The largest absolute Gasteiger partial charge is 0.368 e. The van der Waals surface area contributed by atoms with Gasteiger partial charge >= 0.3 is 0 Å². The lowest BCUT2D eigenvalue weighted by molar-refractivity contribution is -0.141. The minimum atomic E-state index is -0.243. The van der Waals surface area contributed by atoms with Crippen molar-refractivity contribution in [3.05, 3.63) is 54.6 Å². The fraction of sp³-hybridized carbons (Fsp3) is 0.348. The van der Waals surface area contributed by atoms with Crippen molar-refractivity contribution in [1.29, 1.82) is 0 Å². The molecule has 0 aliphatic carbocycles. The van der Waals surface area contributed by atoms with E-state index in [-0.39, 0.29) is 12.0 Å². The van der Waals surface area contributed by atoms with Gasteiger partial charge in [0.05, 0.1) is 0 Å². The summed E-state index contributed by atoms with van der Waals surface area (Å²) in [5.74, 6) is 1.03. The number of nitrogens with zero attached hydrogens (tertiary/aromatic N) is 4. The minimum Gasteiger partial charge on any atom is -0.368 e. The smallest absolute Gasteiger partial charge is 0.251 e. The number of aromatic nitrogens is 2. The van der Waals surface area contributed by atoms with Crippen LogP contribution in [0.4, 0.5) is 5.82 Å². The Kier molecular flexibility index (Phi) is 4.86. The summed E-state index contributed by atoms with van der Waals surface area (Å²) in [4.78, 5) is 16.8. The summed E-state index contributed by atoms with van der Waals surface area (Å²) in [6.45, 7) is 3.58. The van der Waals surface area contributed by atoms with Crippen LogP contribution in [0, 0.1) is 0 Å². The number of hydrogen-bond donors (Lipinski definition) is 0. The van der Waals surface area contributed by atoms with Crippen molar-refractivity contribution in [3.63, 3.8) is 0 Å². The molecule has 0 unspecified atom stereocenters. The van der Waals surface area contributed by atoms with Crippen LogP contribution < -0.4 is 4.90 Å². The molecule has 6 nitrogen and oxygen atoms in total. The number of carbonyl (C=O) groups is 1. The number of ether oxygens (including phenoxy) is 1. The molecule has 3 heterocycles. The number of hydrogen-bond acceptors (Lipinski definition) is 5. The maximum Gasteiger partial charge on any atom is 0.251 e. The number of rotatable bonds is 3. The van der Waals surface area contributed by atoms with Crippen LogP contribution in [-0.2, 0) is 9.53 Å². The molecule has 2 aromatic carbocycles. The van der Waals surface area contributed by atoms with Gasteiger partial charge in [-0.05, 0) is 12.8 Å². The quantitative estimate of drug-likeness (QED) is 0.690. The molecule has 148 valence electrons. The molecule has 2 fully saturated rings. The lowest BCUT2D eigenvalue weighted by atomic mass is 10.0. The van der Waals surface area contributed by atoms with Crippen molar-refractivity contribution < 1.29 is 9.53 Å². The summed E-state index contributed by atoms with van der Waals surface area (Å²) in [5.41, 5.74) is 1.96. The Labute approximate surface area is 170 Å². The molecule has 1 amide bonds. The van der Waals surface area contributed by atoms with Gasteiger partial charge in [0.25, 0.3) is 5.91 Å². The summed E-state index contributed by atoms with van der Waals surface area (Å²) >= 11 is 0. The molecule has 1 atom stereocenters. The van der Waals surface area contributed by atoms with Crippen LogP contribution in [0.25, 0.3) is 22.0 Å². The Balaban J connectivity index is 1.40. The number of anilines is 1. The average molecular weight is 388 g/mol. The molecule has 0 N–H and O–H groups in total. The van der Waals surface area contributed by atoms with Crippen molar-refractivity contribution in [3.8, 4) is 11.3 Å². The monoisotopic (exact) mass is 388 g/mol. The third kappa shape index (κ3) is 3.44. The lowest BCUT2D eigenvalue weighted by Crippen LogP contribution is -2.51. The molecule has 0 saturated carbocycles. The third-order valence-corrected chi connectivity index (χ3v) is 5.81. The first-order chi connectivity index (χ1) is 14.3. The second kappa shape index (κ2) is 7.79. The van der Waals surface area contributed by atoms with E-state index in [1.807, 2.05) is 35.2 Å². The Morgan fingerprint density at radius 2 is 1.62 bits per heavy atom. The summed E-state index contributed by atoms with van der Waals surface area (Å²) in [7, 11) is 0. The van der Waals surface area contributed by atoms with Crippen molar-refractivity contribution in [1.82, 2.24) is 15.1 Å². The highest BCUT2D eigenvalue weighted by atomic mass is 16.5. The molecular formula is C23H24N4O2. The first-order valence-electron chi connectivity index (χ1n) is 10.3. The van der Waals surface area contributed by atoms with Gasteiger partial charge in [-0.25, -0.2) is 0 Å². The molecule has 6 heteroatoms. The molecule has 3 aromatic rings. The van der Waals surface area contributed by atoms with Crippen molar-refractivity contribution in [2.75, 3.05) is 37.7 Å². The van der Waals surface area contributed by atoms with Gasteiger partial charge in [-0.1, -0.05) is 54.6 Å². The zero-order valence-corrected chi connectivity index (χ0v) is 16.3. The maximum atomic E-state index is 12.6. The summed E-state index contributed by atoms with van der Waals surface area (Å²) in [6, 6.07) is 18.5. The van der Waals surface area contributed by atoms with Gasteiger partial charge in [0, 0.05) is 49.1 Å². The topological polar surface area (TPSA) is 58.6 Å². The Bertz CT molecular complexity index is 1010. The van der Waals surface area contributed by atoms with Crippen molar-refractivity contribution >= 4 is 22.5 Å². The van der Waals surface area contributed by atoms with E-state index in [2.05, 4.69) is 39.4 Å². The van der Waals surface area contributed by atoms with Crippen LogP contribution in [0.2, 0.25) is 0 Å². The van der Waals surface area contributed by atoms with Crippen LogP contribution >= 0.6 is 0 Å². The highest BCUT2D eigenvalue weighted by Crippen LogP contribution is 2.31. The lowest BCUT2D eigenvalue weighted by Gasteiger charge is -2.36. The van der Waals surface area contributed by atoms with Gasteiger partial charge in [-0.15, -0.1) is 10.2 Å². The zero-order valence-electron chi connectivity index (χ0n) is 16.3. The molecule has 1 aromatic heterocycles. The highest BCUT2D eigenvalue weighted by molar-refractivity contribution is 6.00. The standard InChI is InChI=1S/C23H24N4O2/c28-23(20-11-6-16-29-20)27-14-12-26(13-15-27)22-19-10-5-4-9-18(19)21(24-25-22)17-7-2-1-3-8-17/h1-5,7-10,20H,6,11-16H2/t20-/m1/s1. The van der Waals surface area contributed by atoms with E-state index in [0.717, 1.165) is 53.8 Å². The zero-order chi connectivity index (χ0) is 19.6. The average Bonchev–Trinajstić information content (AvgIpc) is 3.34. The van der Waals surface area contributed by atoms with Gasteiger partial charge in [-0.3, -0.25) is 4.79 Å². The first kappa shape index (κ1) is 18.1. The molecule has 2 saturated heterocycles. The summed E-state index contributed by atoms with van der Waals surface area (Å²) in [5, 5.41) is 11.4. The maximum absolute atomic E-state index is 12.6. The normalized spacial score (nSPS) is 19.7. The SMILES string of the molecule is O=C([C@H]1CCCO1)N1CCN(c2nnc(-c3ccccc3)c3ccccc23)CC1. The van der Waals surface area contributed by atoms with E-state index in [9.17, 15) is 4.79 Å². The van der Waals surface area contributed by atoms with Crippen molar-refractivity contribution in [2.24, 2.45) is 0 Å². The van der Waals surface area contributed by atoms with Crippen LogP contribution in [0.15, 0.2) is 54.6 Å². The van der Waals surface area contributed by atoms with E-state index in [1.54, 1.807) is 0 Å². The van der Waals surface area contributed by atoms with Gasteiger partial charge in [0.15, 0.2) is 5.82 Å². The van der Waals surface area contributed by atoms with E-state index < -0.39 is 0 Å². The van der Waals surface area contributed by atoms with Crippen LogP contribution in [0.5, 0.6) is 0 Å². The van der Waals surface area contributed by atoms with Crippen molar-refractivity contribution in [2.45, 2.75) is 18.9 Å². The highest BCUT2D eigenvalue weighted by Gasteiger charge is 2.31. The molecule has 0 spiro atoms. The van der Waals surface area contributed by atoms with E-state index in [4.69, 9.17) is 4.74 Å². The molecular weight excluding hydrogens is 364 g/mol. The number of piperazine rings is 1. The summed E-state index contributed by atoms with van der Waals surface area (Å²) < 4.78 is 5.57. The van der Waals surface area contributed by atoms with Gasteiger partial charge in [0.2, 0.25) is 0 Å².